The van der Waals surface area contributed by atoms with Crippen LogP contribution in [-0.2, 0) is 0 Å². The third-order valence-electron chi connectivity index (χ3n) is 3.90. The summed E-state index contributed by atoms with van der Waals surface area (Å²) >= 11 is 5.04. The first-order valence-corrected chi connectivity index (χ1v) is 9.02. The monoisotopic (exact) mass is 366 g/mol. The lowest BCUT2D eigenvalue weighted by Gasteiger charge is -2.21. The van der Waals surface area contributed by atoms with E-state index >= 15 is 0 Å². The summed E-state index contributed by atoms with van der Waals surface area (Å²) in [4.78, 5) is 15.6. The highest BCUT2D eigenvalue weighted by Crippen LogP contribution is 2.40. The zero-order valence-electron chi connectivity index (χ0n) is 12.1. The van der Waals surface area contributed by atoms with Crippen molar-refractivity contribution in [2.24, 2.45) is 0 Å². The minimum atomic E-state index is 0.108. The molecule has 1 aromatic heterocycles. The molecule has 0 spiro atoms. The van der Waals surface area contributed by atoms with Gasteiger partial charge in [0, 0.05) is 27.1 Å². The average molecular weight is 367 g/mol. The van der Waals surface area contributed by atoms with E-state index in [1.807, 2.05) is 23.1 Å². The van der Waals surface area contributed by atoms with Crippen LogP contribution in [-0.4, -0.2) is 23.4 Å². The molecule has 0 atom stereocenters. The molecule has 1 amide bonds. The summed E-state index contributed by atoms with van der Waals surface area (Å²) in [5, 5.41) is 0.970. The summed E-state index contributed by atoms with van der Waals surface area (Å²) in [5.74, 6) is 0.108. The first-order chi connectivity index (χ1) is 10.1. The number of halogens is 1. The third-order valence-corrected chi connectivity index (χ3v) is 5.72. The van der Waals surface area contributed by atoms with Gasteiger partial charge in [-0.05, 0) is 31.4 Å². The van der Waals surface area contributed by atoms with Gasteiger partial charge < -0.3 is 10.6 Å². The zero-order chi connectivity index (χ0) is 15.0. The number of rotatable bonds is 5. The van der Waals surface area contributed by atoms with Crippen LogP contribution in [0.1, 0.15) is 42.3 Å². The average Bonchev–Trinajstić information content (AvgIpc) is 3.24. The Bertz CT molecular complexity index is 678. The summed E-state index contributed by atoms with van der Waals surface area (Å²) in [7, 11) is 0. The second-order valence-corrected chi connectivity index (χ2v) is 7.45. The Balaban J connectivity index is 1.96. The molecule has 1 saturated carbocycles. The molecule has 21 heavy (non-hydrogen) atoms. The van der Waals surface area contributed by atoms with Gasteiger partial charge in [0.25, 0.3) is 5.91 Å². The van der Waals surface area contributed by atoms with E-state index < -0.39 is 0 Å². The number of carbonyl (C=O) groups excluding carboxylic acids is 1. The van der Waals surface area contributed by atoms with Crippen LogP contribution in [0, 0.1) is 0 Å². The fourth-order valence-corrected chi connectivity index (χ4v) is 4.40. The molecule has 3 nitrogen and oxygen atoms in total. The van der Waals surface area contributed by atoms with Crippen LogP contribution in [0.3, 0.4) is 0 Å². The van der Waals surface area contributed by atoms with Gasteiger partial charge in [-0.2, -0.15) is 0 Å². The zero-order valence-corrected chi connectivity index (χ0v) is 14.5. The highest BCUT2D eigenvalue weighted by Gasteiger charge is 2.34. The number of benzene rings is 1. The van der Waals surface area contributed by atoms with Gasteiger partial charge in [-0.3, -0.25) is 4.79 Å². The van der Waals surface area contributed by atoms with E-state index in [2.05, 4.69) is 22.9 Å². The minimum Gasteiger partial charge on any atom is -0.397 e. The normalized spacial score (nSPS) is 14.6. The smallest absolute Gasteiger partial charge is 0.266 e. The number of fused-ring (bicyclic) bond motifs is 1. The third kappa shape index (κ3) is 2.81. The summed E-state index contributed by atoms with van der Waals surface area (Å²) in [5.41, 5.74) is 6.88. The van der Waals surface area contributed by atoms with E-state index in [0.717, 1.165) is 46.8 Å². The van der Waals surface area contributed by atoms with Crippen LogP contribution >= 0.6 is 27.3 Å². The second-order valence-electron chi connectivity index (χ2n) is 5.54. The maximum absolute atomic E-state index is 12.9. The number of anilines is 1. The number of unbranched alkanes of at least 4 members (excludes halogenated alkanes) is 1. The van der Waals surface area contributed by atoms with Crippen LogP contribution in [0.4, 0.5) is 5.69 Å². The van der Waals surface area contributed by atoms with Crippen LogP contribution < -0.4 is 5.73 Å². The fourth-order valence-electron chi connectivity index (χ4n) is 2.58. The summed E-state index contributed by atoms with van der Waals surface area (Å²) in [6, 6.07) is 6.39. The molecule has 1 aliphatic rings. The van der Waals surface area contributed by atoms with E-state index in [4.69, 9.17) is 5.73 Å². The topological polar surface area (TPSA) is 46.3 Å². The molecule has 0 bridgehead atoms. The Morgan fingerprint density at radius 3 is 2.86 bits per heavy atom. The highest BCUT2D eigenvalue weighted by atomic mass is 79.9. The lowest BCUT2D eigenvalue weighted by atomic mass is 10.2. The van der Waals surface area contributed by atoms with Crippen molar-refractivity contribution in [1.29, 1.82) is 0 Å². The molecule has 0 saturated heterocycles. The van der Waals surface area contributed by atoms with E-state index in [-0.39, 0.29) is 5.91 Å². The molecular formula is C16H19BrN2OS. The van der Waals surface area contributed by atoms with Crippen LogP contribution in [0.2, 0.25) is 0 Å². The largest absolute Gasteiger partial charge is 0.397 e. The number of amides is 1. The number of hydrogen-bond donors (Lipinski definition) is 1. The first-order valence-electron chi connectivity index (χ1n) is 7.41. The van der Waals surface area contributed by atoms with Gasteiger partial charge in [0.05, 0.1) is 5.69 Å². The van der Waals surface area contributed by atoms with E-state index in [0.29, 0.717) is 16.6 Å². The summed E-state index contributed by atoms with van der Waals surface area (Å²) in [6.45, 7) is 3.00. The molecule has 112 valence electrons. The molecule has 1 aliphatic carbocycles. The van der Waals surface area contributed by atoms with E-state index in [1.165, 1.54) is 11.3 Å². The molecule has 2 aromatic rings. The lowest BCUT2D eigenvalue weighted by Crippen LogP contribution is -2.33. The van der Waals surface area contributed by atoms with E-state index in [1.54, 1.807) is 0 Å². The minimum absolute atomic E-state index is 0.108. The van der Waals surface area contributed by atoms with Crippen molar-refractivity contribution in [2.45, 2.75) is 38.6 Å². The lowest BCUT2D eigenvalue weighted by molar-refractivity contribution is 0.0746. The number of nitrogen functional groups attached to an aromatic ring is 1. The molecule has 2 N–H and O–H groups in total. The number of nitrogens with two attached hydrogens (primary N) is 1. The van der Waals surface area contributed by atoms with Gasteiger partial charge >= 0.3 is 0 Å². The Morgan fingerprint density at radius 2 is 2.24 bits per heavy atom. The predicted octanol–water partition coefficient (Wildman–Crippen LogP) is 4.65. The van der Waals surface area contributed by atoms with Crippen molar-refractivity contribution in [3.8, 4) is 0 Å². The molecule has 1 heterocycles. The molecule has 5 heteroatoms. The molecule has 3 rings (SSSR count). The van der Waals surface area contributed by atoms with Gasteiger partial charge in [-0.1, -0.05) is 35.3 Å². The van der Waals surface area contributed by atoms with Crippen molar-refractivity contribution < 1.29 is 4.79 Å². The van der Waals surface area contributed by atoms with Crippen LogP contribution in [0.25, 0.3) is 10.1 Å². The molecule has 0 radical (unpaired) electrons. The van der Waals surface area contributed by atoms with Gasteiger partial charge in [0.1, 0.15) is 4.88 Å². The van der Waals surface area contributed by atoms with Crippen molar-refractivity contribution in [2.75, 3.05) is 12.3 Å². The summed E-state index contributed by atoms with van der Waals surface area (Å²) < 4.78 is 2.02. The van der Waals surface area contributed by atoms with Crippen LogP contribution in [0.5, 0.6) is 0 Å². The maximum Gasteiger partial charge on any atom is 0.266 e. The molecule has 0 aliphatic heterocycles. The van der Waals surface area contributed by atoms with Crippen LogP contribution in [0.15, 0.2) is 22.7 Å². The van der Waals surface area contributed by atoms with Gasteiger partial charge in [0.15, 0.2) is 0 Å². The quantitative estimate of drug-likeness (QED) is 0.836. The standard InChI is InChI=1S/C16H19BrN2OS/c1-2-3-9-19(10-7-8-10)16(20)15-14(18)13-11(17)5-4-6-12(13)21-15/h4-6,10H,2-3,7-9,18H2,1H3. The Kier molecular flexibility index (Phi) is 4.22. The number of carbonyl (C=O) groups is 1. The van der Waals surface area contributed by atoms with Crippen molar-refractivity contribution >= 4 is 48.9 Å². The number of hydrogen-bond acceptors (Lipinski definition) is 3. The van der Waals surface area contributed by atoms with Gasteiger partial charge in [-0.15, -0.1) is 11.3 Å². The Hall–Kier alpha value is -1.07. The van der Waals surface area contributed by atoms with Crippen molar-refractivity contribution in [3.63, 3.8) is 0 Å². The molecule has 1 fully saturated rings. The highest BCUT2D eigenvalue weighted by molar-refractivity contribution is 9.10. The Labute approximate surface area is 137 Å². The SMILES string of the molecule is CCCCN(C(=O)c1sc2cccc(Br)c2c1N)C1CC1. The fraction of sp³-hybridized carbons (Fsp3) is 0.438. The number of nitrogens with zero attached hydrogens (tertiary/aromatic N) is 1. The maximum atomic E-state index is 12.9. The molecule has 1 aromatic carbocycles. The molecule has 0 unspecified atom stereocenters. The first kappa shape index (κ1) is 14.9. The molecular weight excluding hydrogens is 348 g/mol. The van der Waals surface area contributed by atoms with Gasteiger partial charge in [0.2, 0.25) is 0 Å². The number of thiophene rings is 1. The van der Waals surface area contributed by atoms with Crippen molar-refractivity contribution in [1.82, 2.24) is 4.90 Å². The predicted molar refractivity (Wildman–Crippen MR) is 92.9 cm³/mol. The van der Waals surface area contributed by atoms with Gasteiger partial charge in [-0.25, -0.2) is 0 Å². The second kappa shape index (κ2) is 5.97. The Morgan fingerprint density at radius 1 is 1.48 bits per heavy atom. The van der Waals surface area contributed by atoms with E-state index in [9.17, 15) is 4.79 Å². The van der Waals surface area contributed by atoms with Crippen molar-refractivity contribution in [3.05, 3.63) is 27.5 Å². The summed E-state index contributed by atoms with van der Waals surface area (Å²) in [6.07, 6.45) is 4.41.